The van der Waals surface area contributed by atoms with Gasteiger partial charge in [-0.2, -0.15) is 4.79 Å². The van der Waals surface area contributed by atoms with Crippen LogP contribution in [0.4, 0.5) is 0 Å². The normalized spacial score (nSPS) is 18.3. The Bertz CT molecular complexity index is 2930. The van der Waals surface area contributed by atoms with Crippen LogP contribution in [0.2, 0.25) is 0 Å². The maximum Gasteiger partial charge on any atom is 0.335 e. The number of unbranched alkanes of at least 4 members (excludes halogenated alkanes) is 28. The second-order valence-electron chi connectivity index (χ2n) is 34.6. The van der Waals surface area contributed by atoms with Crippen LogP contribution in [0.5, 0.6) is 0 Å². The number of Topliss-reactive ketones (excluding diaryl/α,β-unsaturated/α-hetero) is 1. The Kier molecular flexibility index (Phi) is 45.5. The van der Waals surface area contributed by atoms with Crippen LogP contribution in [0, 0.1) is 43.3 Å². The van der Waals surface area contributed by atoms with Crippen LogP contribution in [-0.2, 0) is 79.7 Å². The van der Waals surface area contributed by atoms with Gasteiger partial charge in [0.1, 0.15) is 0 Å². The van der Waals surface area contributed by atoms with Gasteiger partial charge in [-0.1, -0.05) is 224 Å². The number of aliphatic carboxylic acids is 3. The first kappa shape index (κ1) is 97.1. The number of hydrogen-bond acceptors (Lipinski definition) is 13. The van der Waals surface area contributed by atoms with Crippen LogP contribution < -0.4 is 0 Å². The predicted octanol–water partition coefficient (Wildman–Crippen LogP) is 22.3. The quantitative estimate of drug-likeness (QED) is 0.00896. The van der Waals surface area contributed by atoms with Crippen LogP contribution in [-0.4, -0.2) is 111 Å². The smallest absolute Gasteiger partial charge is 0.335 e. The van der Waals surface area contributed by atoms with Crippen molar-refractivity contribution in [3.8, 4) is 0 Å². The Morgan fingerprint density at radius 3 is 0.800 bits per heavy atom. The van der Waals surface area contributed by atoms with E-state index < -0.39 is 23.9 Å². The summed E-state index contributed by atoms with van der Waals surface area (Å²) in [6.07, 6.45) is 65.2. The van der Waals surface area contributed by atoms with Crippen LogP contribution >= 0.6 is 0 Å². The minimum Gasteiger partial charge on any atom is -0.481 e. The molecule has 1 aromatic carbocycles. The molecule has 8 aliphatic carbocycles. The minimum absolute atomic E-state index is 0. The number of esters is 4. The maximum atomic E-state index is 11.9. The van der Waals surface area contributed by atoms with Gasteiger partial charge in [0.15, 0.2) is 0 Å². The largest absolute Gasteiger partial charge is 0.481 e. The van der Waals surface area contributed by atoms with Crippen molar-refractivity contribution in [2.45, 2.75) is 400 Å². The molecule has 1 radical (unpaired) electrons. The molecule has 8 fully saturated rings. The Hall–Kier alpha value is -5.23. The molecule has 0 heterocycles. The van der Waals surface area contributed by atoms with Gasteiger partial charge in [-0.3, -0.25) is 38.4 Å². The van der Waals surface area contributed by atoms with Gasteiger partial charge in [-0.25, -0.2) is 4.79 Å². The fraction of sp³-hybridized carbons (Fsp3) is 0.822. The third-order valence-corrected chi connectivity index (χ3v) is 25.5. The zero-order chi connectivity index (χ0) is 79.4. The molecule has 0 unspecified atom stereocenters. The van der Waals surface area contributed by atoms with Crippen molar-refractivity contribution < 1.29 is 110 Å². The zero-order valence-corrected chi connectivity index (χ0v) is 70.1. The SMILES string of the molecule is CCOC(=O)C1(CCCCCCCCCCC2(C(=O)C=[N+]=[N-])CC2)CC1.CCOC(=O)C1(CCCCCCCCCCC2(C(=O)O)CC2)CC1.CCOC(=O)CC1(CCCCCCCCCCC2(C(=O)OCC)CC2)CC1.O=C(O)CC1(CCCCCCCCCCC2(C(=O)O)CC2)CC1.O=C(O)c1ccccc1.[Ag]. The Balaban J connectivity index is 0.000000297. The first-order chi connectivity index (χ1) is 52.5. The van der Waals surface area contributed by atoms with Gasteiger partial charge in [-0.05, 0) is 205 Å². The van der Waals surface area contributed by atoms with Crippen LogP contribution in [0.3, 0.4) is 0 Å². The van der Waals surface area contributed by atoms with E-state index >= 15 is 0 Å². The molecule has 20 heteroatoms. The topological polar surface area (TPSA) is 308 Å². The fourth-order valence-corrected chi connectivity index (χ4v) is 16.2. The van der Waals surface area contributed by atoms with Crippen LogP contribution in [0.15, 0.2) is 30.3 Å². The summed E-state index contributed by atoms with van der Waals surface area (Å²) < 4.78 is 20.6. The van der Waals surface area contributed by atoms with Crippen LogP contribution in [0.1, 0.15) is 410 Å². The molecule has 4 N–H and O–H groups in total. The van der Waals surface area contributed by atoms with E-state index in [0.29, 0.717) is 50.2 Å². The molecule has 0 saturated heterocycles. The maximum absolute atomic E-state index is 11.9. The third kappa shape index (κ3) is 37.8. The number of ketones is 1. The van der Waals surface area contributed by atoms with Crippen molar-refractivity contribution in [3.05, 3.63) is 41.4 Å². The molecule has 8 aliphatic rings. The van der Waals surface area contributed by atoms with E-state index in [1.54, 1.807) is 30.3 Å². The summed E-state index contributed by atoms with van der Waals surface area (Å²) >= 11 is 0. The second-order valence-corrected chi connectivity index (χ2v) is 34.6. The van der Waals surface area contributed by atoms with Crippen molar-refractivity contribution in [2.24, 2.45) is 43.3 Å². The third-order valence-electron chi connectivity index (χ3n) is 25.5. The Morgan fingerprint density at radius 2 is 0.582 bits per heavy atom. The number of ether oxygens (including phenoxy) is 4. The van der Waals surface area contributed by atoms with E-state index in [1.807, 2.05) is 27.7 Å². The summed E-state index contributed by atoms with van der Waals surface area (Å²) in [6.45, 7) is 9.50. The van der Waals surface area contributed by atoms with Gasteiger partial charge < -0.3 is 44.9 Å². The molecule has 8 saturated carbocycles. The fourth-order valence-electron chi connectivity index (χ4n) is 16.2. The number of hydrogen-bond donors (Lipinski definition) is 4. The first-order valence-corrected chi connectivity index (χ1v) is 43.8. The average molecular weight is 1640 g/mol. The predicted molar refractivity (Wildman–Crippen MR) is 425 cm³/mol. The van der Waals surface area contributed by atoms with Gasteiger partial charge >= 0.3 is 54.0 Å². The van der Waals surface area contributed by atoms with E-state index in [0.717, 1.165) is 186 Å². The molecular formula is C90H146AgN2O17. The van der Waals surface area contributed by atoms with Gasteiger partial charge in [0, 0.05) is 27.8 Å². The molecule has 0 bridgehead atoms. The summed E-state index contributed by atoms with van der Waals surface area (Å²) in [4.78, 5) is 105. The zero-order valence-electron chi connectivity index (χ0n) is 68.6. The van der Waals surface area contributed by atoms with Gasteiger partial charge in [0.25, 0.3) is 0 Å². The van der Waals surface area contributed by atoms with Crippen molar-refractivity contribution in [1.29, 1.82) is 0 Å². The number of carbonyl (C=O) groups excluding carboxylic acids is 5. The van der Waals surface area contributed by atoms with Crippen molar-refractivity contribution >= 4 is 59.8 Å². The van der Waals surface area contributed by atoms with E-state index in [1.165, 1.54) is 180 Å². The molecule has 9 rings (SSSR count). The molecule has 0 aliphatic heterocycles. The van der Waals surface area contributed by atoms with E-state index in [-0.39, 0.29) is 89.9 Å². The summed E-state index contributed by atoms with van der Waals surface area (Å²) in [5.41, 5.74) is 8.08. The summed E-state index contributed by atoms with van der Waals surface area (Å²) in [6, 6.07) is 8.30. The standard InChI is InChI=1S/C23H40O4.C21H34N2O3.C20H34O4.C19H32O4.C7H6O2.Ag/c1-3-26-20(24)19-22(15-16-22)13-11-9-7-5-6-8-10-12-14-23(17-18-23)21(25)27-4-2;1-2-26-19(25)21(15-16-21)12-10-8-6-4-3-5-7-9-11-20(13-14-20)18(24)17-23-22;1-2-24-18(23)20(15-16-20)12-10-8-6-4-3-5-7-9-11-19(13-14-19)17(21)22;20-16(21)15-18(11-12-18)9-7-5-3-1-2-4-6-8-10-19(13-14-19)17(22)23;8-7(9)6-4-2-1-3-5-6;/h3-19H2,1-2H3;17H,2-16H2,1H3;2-16H2,1H3,(H,21,22);1-15H2,(H,20,21)(H,22,23);1-5H,(H,8,9);. The molecule has 0 spiro atoms. The Labute approximate surface area is 676 Å². The number of rotatable bonds is 60. The van der Waals surface area contributed by atoms with E-state index in [2.05, 4.69) is 4.79 Å². The minimum atomic E-state index is -0.879. The van der Waals surface area contributed by atoms with Crippen LogP contribution in [0.25, 0.3) is 5.53 Å². The number of nitrogens with zero attached hydrogens (tertiary/aromatic N) is 2. The summed E-state index contributed by atoms with van der Waals surface area (Å²) in [7, 11) is 0. The van der Waals surface area contributed by atoms with Crippen molar-refractivity contribution in [2.75, 3.05) is 26.4 Å². The molecule has 0 atom stereocenters. The number of aromatic carboxylic acids is 1. The van der Waals surface area contributed by atoms with Crippen molar-refractivity contribution in [1.82, 2.24) is 0 Å². The molecule has 110 heavy (non-hydrogen) atoms. The molecule has 19 nitrogen and oxygen atoms in total. The van der Waals surface area contributed by atoms with Crippen molar-refractivity contribution in [3.63, 3.8) is 0 Å². The number of carboxylic acid groups (broad SMARTS) is 4. The summed E-state index contributed by atoms with van der Waals surface area (Å²) in [5, 5.41) is 35.5. The number of carbonyl (C=O) groups is 9. The van der Waals surface area contributed by atoms with Gasteiger partial charge in [0.05, 0.1) is 71.9 Å². The average Bonchev–Trinajstić information content (AvgIpc) is 1.67. The molecule has 629 valence electrons. The summed E-state index contributed by atoms with van der Waals surface area (Å²) in [5.74, 6) is -2.61. The molecule has 0 aromatic heterocycles. The molecule has 0 amide bonds. The monoisotopic (exact) mass is 1630 g/mol. The second kappa shape index (κ2) is 51.6. The van der Waals surface area contributed by atoms with E-state index in [4.69, 9.17) is 44.9 Å². The number of carboxylic acids is 4. The number of benzene rings is 1. The Morgan fingerprint density at radius 1 is 0.336 bits per heavy atom. The molecule has 1 aromatic rings. The molecular weight excluding hydrogens is 1490 g/mol. The van der Waals surface area contributed by atoms with E-state index in [9.17, 15) is 43.2 Å². The van der Waals surface area contributed by atoms with Gasteiger partial charge in [0.2, 0.25) is 5.78 Å². The van der Waals surface area contributed by atoms with Gasteiger partial charge in [-0.15, -0.1) is 0 Å². The first-order valence-electron chi connectivity index (χ1n) is 43.8.